The first-order valence-electron chi connectivity index (χ1n) is 13.9. The lowest BCUT2D eigenvalue weighted by molar-refractivity contribution is -0.141. The highest BCUT2D eigenvalue weighted by atomic mass is 16.5. The maximum Gasteiger partial charge on any atom is 0.328 e. The third-order valence-electron chi connectivity index (χ3n) is 7.32. The molecule has 1 aliphatic rings. The van der Waals surface area contributed by atoms with E-state index in [4.69, 9.17) is 9.47 Å². The van der Waals surface area contributed by atoms with E-state index >= 15 is 0 Å². The fraction of sp³-hybridized carbons (Fsp3) is 0.364. The molecule has 0 bridgehead atoms. The van der Waals surface area contributed by atoms with Crippen LogP contribution in [0.15, 0.2) is 78.9 Å². The normalized spacial score (nSPS) is 14.2. The summed E-state index contributed by atoms with van der Waals surface area (Å²) >= 11 is 0. The van der Waals surface area contributed by atoms with Crippen molar-refractivity contribution in [3.05, 3.63) is 95.6 Å². The number of methoxy groups -OCH3 is 1. The van der Waals surface area contributed by atoms with Crippen molar-refractivity contribution in [2.75, 3.05) is 32.1 Å². The molecule has 0 heterocycles. The Morgan fingerprint density at radius 3 is 2.30 bits per heavy atom. The van der Waals surface area contributed by atoms with Gasteiger partial charge in [-0.2, -0.15) is 0 Å². The number of para-hydroxylation sites is 1. The molecule has 1 fully saturated rings. The van der Waals surface area contributed by atoms with E-state index in [1.54, 1.807) is 30.3 Å². The van der Waals surface area contributed by atoms with Crippen molar-refractivity contribution in [3.63, 3.8) is 0 Å². The summed E-state index contributed by atoms with van der Waals surface area (Å²) in [5, 5.41) is 6.61. The van der Waals surface area contributed by atoms with Gasteiger partial charge in [0, 0.05) is 48.2 Å². The van der Waals surface area contributed by atoms with E-state index in [1.165, 1.54) is 7.11 Å². The van der Waals surface area contributed by atoms with Crippen molar-refractivity contribution in [1.29, 1.82) is 0 Å². The standard InChI is InChI=1S/C33H38N2O5/c1-3-9-30(36)33(18-19-33)23-34-20-21-40-26-16-14-24(15-17-26)22-29(32(38)39-2)35-28-13-8-7-12-27(28)31(37)25-10-5-4-6-11-25/h4-8,10-17,29,34-35H,3,9,18-23H2,1-2H3. The maximum absolute atomic E-state index is 13.1. The van der Waals surface area contributed by atoms with Crippen LogP contribution in [0.1, 0.15) is 54.1 Å². The van der Waals surface area contributed by atoms with Crippen LogP contribution in [0.25, 0.3) is 0 Å². The molecule has 1 aliphatic carbocycles. The van der Waals surface area contributed by atoms with E-state index in [9.17, 15) is 14.4 Å². The van der Waals surface area contributed by atoms with Crippen LogP contribution in [-0.4, -0.2) is 50.4 Å². The first-order chi connectivity index (χ1) is 19.5. The van der Waals surface area contributed by atoms with E-state index in [1.807, 2.05) is 55.5 Å². The third kappa shape index (κ3) is 7.57. The molecule has 0 saturated heterocycles. The van der Waals surface area contributed by atoms with E-state index in [-0.39, 0.29) is 11.2 Å². The second kappa shape index (κ2) is 13.9. The number of carbonyl (C=O) groups excluding carboxylic acids is 3. The number of anilines is 1. The van der Waals surface area contributed by atoms with Crippen molar-refractivity contribution in [3.8, 4) is 5.75 Å². The molecular weight excluding hydrogens is 504 g/mol. The molecule has 0 aliphatic heterocycles. The lowest BCUT2D eigenvalue weighted by Crippen LogP contribution is -2.33. The Balaban J connectivity index is 1.32. The largest absolute Gasteiger partial charge is 0.492 e. The molecule has 0 aromatic heterocycles. The van der Waals surface area contributed by atoms with Gasteiger partial charge in [0.15, 0.2) is 5.78 Å². The molecule has 4 rings (SSSR count). The smallest absolute Gasteiger partial charge is 0.328 e. The van der Waals surface area contributed by atoms with Crippen LogP contribution >= 0.6 is 0 Å². The summed E-state index contributed by atoms with van der Waals surface area (Å²) in [6, 6.07) is 23.1. The molecule has 7 nitrogen and oxygen atoms in total. The number of hydrogen-bond donors (Lipinski definition) is 2. The Labute approximate surface area is 236 Å². The number of Topliss-reactive ketones (excluding diaryl/α,β-unsaturated/α-hetero) is 1. The van der Waals surface area contributed by atoms with Gasteiger partial charge in [-0.15, -0.1) is 0 Å². The zero-order valence-electron chi connectivity index (χ0n) is 23.3. The molecule has 3 aromatic rings. The number of ketones is 2. The predicted octanol–water partition coefficient (Wildman–Crippen LogP) is 5.23. The van der Waals surface area contributed by atoms with Gasteiger partial charge in [-0.1, -0.05) is 61.5 Å². The molecule has 1 saturated carbocycles. The number of benzene rings is 3. The van der Waals surface area contributed by atoms with Crippen molar-refractivity contribution < 1.29 is 23.9 Å². The van der Waals surface area contributed by atoms with Crippen LogP contribution in [-0.2, 0) is 20.7 Å². The molecule has 0 amide bonds. The van der Waals surface area contributed by atoms with E-state index in [2.05, 4.69) is 10.6 Å². The van der Waals surface area contributed by atoms with Gasteiger partial charge in [-0.05, 0) is 49.1 Å². The van der Waals surface area contributed by atoms with Gasteiger partial charge in [0.05, 0.1) is 7.11 Å². The van der Waals surface area contributed by atoms with E-state index < -0.39 is 12.0 Å². The van der Waals surface area contributed by atoms with Crippen LogP contribution in [0.4, 0.5) is 5.69 Å². The SMILES string of the molecule is CCCC(=O)C1(CNCCOc2ccc(CC(Nc3ccccc3C(=O)c3ccccc3)C(=O)OC)cc2)CC1. The zero-order valence-corrected chi connectivity index (χ0v) is 23.3. The predicted molar refractivity (Wildman–Crippen MR) is 156 cm³/mol. The van der Waals surface area contributed by atoms with Crippen LogP contribution in [0.3, 0.4) is 0 Å². The van der Waals surface area contributed by atoms with Crippen LogP contribution in [0.2, 0.25) is 0 Å². The Morgan fingerprint density at radius 1 is 0.925 bits per heavy atom. The molecular formula is C33H38N2O5. The molecule has 210 valence electrons. The zero-order chi connectivity index (χ0) is 28.4. The van der Waals surface area contributed by atoms with Gasteiger partial charge < -0.3 is 20.1 Å². The van der Waals surface area contributed by atoms with Gasteiger partial charge in [0.2, 0.25) is 0 Å². The monoisotopic (exact) mass is 542 g/mol. The Morgan fingerprint density at radius 2 is 1.62 bits per heavy atom. The summed E-state index contributed by atoms with van der Waals surface area (Å²) in [5.74, 6) is 0.572. The number of hydrogen-bond acceptors (Lipinski definition) is 7. The van der Waals surface area contributed by atoms with Crippen molar-refractivity contribution in [2.45, 2.75) is 45.1 Å². The second-order valence-corrected chi connectivity index (χ2v) is 10.3. The maximum atomic E-state index is 13.1. The van der Waals surface area contributed by atoms with Crippen molar-refractivity contribution in [1.82, 2.24) is 5.32 Å². The molecule has 7 heteroatoms. The Kier molecular flexibility index (Phi) is 10.1. The van der Waals surface area contributed by atoms with Gasteiger partial charge in [0.1, 0.15) is 24.2 Å². The fourth-order valence-corrected chi connectivity index (χ4v) is 4.80. The highest BCUT2D eigenvalue weighted by molar-refractivity contribution is 6.12. The lowest BCUT2D eigenvalue weighted by Gasteiger charge is -2.20. The highest BCUT2D eigenvalue weighted by Crippen LogP contribution is 2.46. The quantitative estimate of drug-likeness (QED) is 0.145. The number of ether oxygens (including phenoxy) is 2. The van der Waals surface area contributed by atoms with Gasteiger partial charge in [-0.3, -0.25) is 9.59 Å². The number of carbonyl (C=O) groups is 3. The van der Waals surface area contributed by atoms with Crippen LogP contribution < -0.4 is 15.4 Å². The summed E-state index contributed by atoms with van der Waals surface area (Å²) in [6.45, 7) is 3.92. The molecule has 0 radical (unpaired) electrons. The first-order valence-corrected chi connectivity index (χ1v) is 13.9. The topological polar surface area (TPSA) is 93.7 Å². The molecule has 3 aromatic carbocycles. The summed E-state index contributed by atoms with van der Waals surface area (Å²) in [7, 11) is 1.35. The molecule has 2 N–H and O–H groups in total. The first kappa shape index (κ1) is 29.0. The fourth-order valence-electron chi connectivity index (χ4n) is 4.80. The highest BCUT2D eigenvalue weighted by Gasteiger charge is 2.47. The summed E-state index contributed by atoms with van der Waals surface area (Å²) < 4.78 is 10.9. The number of rotatable bonds is 16. The molecule has 0 spiro atoms. The van der Waals surface area contributed by atoms with Crippen molar-refractivity contribution in [2.24, 2.45) is 5.41 Å². The lowest BCUT2D eigenvalue weighted by atomic mass is 9.97. The van der Waals surface area contributed by atoms with Gasteiger partial charge >= 0.3 is 5.97 Å². The summed E-state index contributed by atoms with van der Waals surface area (Å²) in [4.78, 5) is 38.1. The summed E-state index contributed by atoms with van der Waals surface area (Å²) in [6.07, 6.45) is 3.90. The average molecular weight is 543 g/mol. The molecule has 40 heavy (non-hydrogen) atoms. The average Bonchev–Trinajstić information content (AvgIpc) is 3.78. The second-order valence-electron chi connectivity index (χ2n) is 10.3. The van der Waals surface area contributed by atoms with E-state index in [0.717, 1.165) is 37.1 Å². The van der Waals surface area contributed by atoms with Gasteiger partial charge in [0.25, 0.3) is 0 Å². The van der Waals surface area contributed by atoms with Crippen LogP contribution in [0.5, 0.6) is 5.75 Å². The minimum atomic E-state index is -0.684. The third-order valence-corrected chi connectivity index (χ3v) is 7.32. The molecule has 1 unspecified atom stereocenters. The minimum absolute atomic E-state index is 0.122. The summed E-state index contributed by atoms with van der Waals surface area (Å²) in [5.41, 5.74) is 2.42. The van der Waals surface area contributed by atoms with Gasteiger partial charge in [-0.25, -0.2) is 4.79 Å². The number of esters is 1. The van der Waals surface area contributed by atoms with E-state index in [0.29, 0.717) is 48.6 Å². The van der Waals surface area contributed by atoms with Crippen LogP contribution in [0, 0.1) is 5.41 Å². The number of nitrogens with one attached hydrogen (secondary N) is 2. The minimum Gasteiger partial charge on any atom is -0.492 e. The molecule has 1 atom stereocenters. The Hall–Kier alpha value is -3.97. The van der Waals surface area contributed by atoms with Crippen molar-refractivity contribution >= 4 is 23.2 Å². The Bertz CT molecular complexity index is 1290.